The number of benzene rings is 4. The number of rotatable bonds is 4. The zero-order chi connectivity index (χ0) is 23.8. The van der Waals surface area contributed by atoms with Crippen molar-refractivity contribution in [3.8, 4) is 22.5 Å². The van der Waals surface area contributed by atoms with E-state index in [1.807, 2.05) is 41.1 Å². The Morgan fingerprint density at radius 2 is 1.31 bits per heavy atom. The minimum absolute atomic E-state index is 0.0550. The van der Waals surface area contributed by atoms with Gasteiger partial charge in [0.05, 0.1) is 0 Å². The molecule has 0 amide bonds. The first-order chi connectivity index (χ1) is 17.2. The summed E-state index contributed by atoms with van der Waals surface area (Å²) in [6.45, 7) is 4.30. The molecule has 1 aromatic heterocycles. The van der Waals surface area contributed by atoms with Gasteiger partial charge in [0.2, 0.25) is 5.95 Å². The van der Waals surface area contributed by atoms with Gasteiger partial charge in [0.1, 0.15) is 6.04 Å². The van der Waals surface area contributed by atoms with Crippen LogP contribution >= 0.6 is 0 Å². The fraction of sp³-hybridized carbons (Fsp3) is 0.0968. The first-order valence-electron chi connectivity index (χ1n) is 11.9. The van der Waals surface area contributed by atoms with Gasteiger partial charge < -0.3 is 5.32 Å². The first-order valence-corrected chi connectivity index (χ1v) is 11.9. The molecule has 4 nitrogen and oxygen atoms in total. The van der Waals surface area contributed by atoms with Crippen molar-refractivity contribution in [3.05, 3.63) is 131 Å². The van der Waals surface area contributed by atoms with E-state index >= 15 is 0 Å². The molecule has 5 aromatic rings. The highest BCUT2D eigenvalue weighted by Crippen LogP contribution is 2.35. The Labute approximate surface area is 205 Å². The van der Waals surface area contributed by atoms with Crippen LogP contribution in [0.4, 0.5) is 5.95 Å². The summed E-state index contributed by atoms with van der Waals surface area (Å²) in [5, 5.41) is 8.47. The van der Waals surface area contributed by atoms with Gasteiger partial charge in [0.25, 0.3) is 0 Å². The van der Waals surface area contributed by atoms with E-state index in [0.717, 1.165) is 28.6 Å². The number of anilines is 1. The molecule has 0 radical (unpaired) electrons. The van der Waals surface area contributed by atoms with Crippen molar-refractivity contribution in [2.45, 2.75) is 19.9 Å². The Morgan fingerprint density at radius 1 is 0.686 bits per heavy atom. The Morgan fingerprint density at radius 3 is 2.00 bits per heavy atom. The SMILES string of the molecule is Cc1ccc([C@@H]2C=C(c3ccc(-c4ccccc4)cc3)Nc3nc(-c4ccccc4)nn32)c(C)c1. The Balaban J connectivity index is 1.43. The highest BCUT2D eigenvalue weighted by Gasteiger charge is 2.26. The molecule has 1 N–H and O–H groups in total. The van der Waals surface area contributed by atoms with Crippen LogP contribution in [0.25, 0.3) is 28.2 Å². The van der Waals surface area contributed by atoms with Crippen molar-refractivity contribution in [2.24, 2.45) is 0 Å². The van der Waals surface area contributed by atoms with E-state index < -0.39 is 0 Å². The second kappa shape index (κ2) is 8.73. The van der Waals surface area contributed by atoms with Gasteiger partial charge in [-0.2, -0.15) is 4.98 Å². The Hall–Kier alpha value is -4.44. The molecule has 4 heteroatoms. The minimum Gasteiger partial charge on any atom is -0.324 e. The predicted octanol–water partition coefficient (Wildman–Crippen LogP) is 7.28. The third-order valence-electron chi connectivity index (χ3n) is 6.54. The average Bonchev–Trinajstić information content (AvgIpc) is 3.34. The molecule has 1 aliphatic rings. The van der Waals surface area contributed by atoms with Crippen LogP contribution in [0.5, 0.6) is 0 Å². The maximum atomic E-state index is 4.92. The molecule has 4 aromatic carbocycles. The summed E-state index contributed by atoms with van der Waals surface area (Å²) in [4.78, 5) is 4.88. The van der Waals surface area contributed by atoms with Gasteiger partial charge in [-0.15, -0.1) is 5.10 Å². The normalized spacial score (nSPS) is 14.7. The van der Waals surface area contributed by atoms with Crippen molar-refractivity contribution in [1.82, 2.24) is 14.8 Å². The van der Waals surface area contributed by atoms with Gasteiger partial charge in [-0.05, 0) is 47.7 Å². The van der Waals surface area contributed by atoms with Crippen LogP contribution in [0.2, 0.25) is 0 Å². The molecule has 2 heterocycles. The molecule has 35 heavy (non-hydrogen) atoms. The second-order valence-electron chi connectivity index (χ2n) is 9.02. The van der Waals surface area contributed by atoms with Crippen LogP contribution in [0.15, 0.2) is 109 Å². The molecule has 170 valence electrons. The highest BCUT2D eigenvalue weighted by molar-refractivity contribution is 5.79. The topological polar surface area (TPSA) is 42.7 Å². The highest BCUT2D eigenvalue weighted by atomic mass is 15.4. The summed E-state index contributed by atoms with van der Waals surface area (Å²) < 4.78 is 2.00. The maximum Gasteiger partial charge on any atom is 0.227 e. The van der Waals surface area contributed by atoms with E-state index in [4.69, 9.17) is 10.1 Å². The zero-order valence-electron chi connectivity index (χ0n) is 19.8. The van der Waals surface area contributed by atoms with Crippen LogP contribution in [-0.4, -0.2) is 14.8 Å². The molecule has 0 aliphatic carbocycles. The number of nitrogens with zero attached hydrogens (tertiary/aromatic N) is 3. The van der Waals surface area contributed by atoms with E-state index in [9.17, 15) is 0 Å². The zero-order valence-corrected chi connectivity index (χ0v) is 19.8. The molecule has 0 spiro atoms. The van der Waals surface area contributed by atoms with Crippen molar-refractivity contribution in [1.29, 1.82) is 0 Å². The van der Waals surface area contributed by atoms with Gasteiger partial charge in [-0.1, -0.05) is 109 Å². The fourth-order valence-electron chi connectivity index (χ4n) is 4.72. The van der Waals surface area contributed by atoms with E-state index in [0.29, 0.717) is 0 Å². The summed E-state index contributed by atoms with van der Waals surface area (Å²) in [6, 6.07) is 35.8. The molecule has 0 fully saturated rings. The van der Waals surface area contributed by atoms with Crippen LogP contribution in [0, 0.1) is 13.8 Å². The smallest absolute Gasteiger partial charge is 0.227 e. The lowest BCUT2D eigenvalue weighted by atomic mass is 9.96. The minimum atomic E-state index is -0.0550. The summed E-state index contributed by atoms with van der Waals surface area (Å²) >= 11 is 0. The number of nitrogens with one attached hydrogen (secondary N) is 1. The average molecular weight is 455 g/mol. The fourth-order valence-corrected chi connectivity index (χ4v) is 4.72. The molecular formula is C31H26N4. The van der Waals surface area contributed by atoms with Gasteiger partial charge in [-0.3, -0.25) is 0 Å². The Bertz CT molecular complexity index is 1510. The molecule has 6 rings (SSSR count). The molecular weight excluding hydrogens is 428 g/mol. The summed E-state index contributed by atoms with van der Waals surface area (Å²) in [5.74, 6) is 1.47. The Kier molecular flexibility index (Phi) is 5.27. The van der Waals surface area contributed by atoms with Gasteiger partial charge >= 0.3 is 0 Å². The van der Waals surface area contributed by atoms with Crippen molar-refractivity contribution in [2.75, 3.05) is 5.32 Å². The quantitative estimate of drug-likeness (QED) is 0.310. The maximum absolute atomic E-state index is 4.92. The molecule has 1 aliphatic heterocycles. The number of fused-ring (bicyclic) bond motifs is 1. The lowest BCUT2D eigenvalue weighted by Gasteiger charge is -2.25. The number of hydrogen-bond acceptors (Lipinski definition) is 3. The van der Waals surface area contributed by atoms with Crippen LogP contribution in [-0.2, 0) is 0 Å². The van der Waals surface area contributed by atoms with Crippen LogP contribution < -0.4 is 5.32 Å². The number of aromatic nitrogens is 3. The molecule has 0 saturated carbocycles. The number of allylic oxidation sites excluding steroid dienone is 1. The summed E-state index contributed by atoms with van der Waals surface area (Å²) in [5.41, 5.74) is 9.30. The predicted molar refractivity (Wildman–Crippen MR) is 143 cm³/mol. The molecule has 0 unspecified atom stereocenters. The molecule has 1 atom stereocenters. The van der Waals surface area contributed by atoms with Crippen molar-refractivity contribution >= 4 is 11.6 Å². The third-order valence-corrected chi connectivity index (χ3v) is 6.54. The monoisotopic (exact) mass is 454 g/mol. The lowest BCUT2D eigenvalue weighted by Crippen LogP contribution is -2.21. The van der Waals surface area contributed by atoms with E-state index in [2.05, 4.69) is 92.0 Å². The first kappa shape index (κ1) is 21.1. The summed E-state index contributed by atoms with van der Waals surface area (Å²) in [6.07, 6.45) is 2.26. The van der Waals surface area contributed by atoms with E-state index in [-0.39, 0.29) is 6.04 Å². The summed E-state index contributed by atoms with van der Waals surface area (Å²) in [7, 11) is 0. The van der Waals surface area contributed by atoms with Crippen molar-refractivity contribution < 1.29 is 0 Å². The number of aryl methyl sites for hydroxylation is 2. The number of hydrogen-bond donors (Lipinski definition) is 1. The second-order valence-corrected chi connectivity index (χ2v) is 9.02. The third kappa shape index (κ3) is 4.04. The van der Waals surface area contributed by atoms with Gasteiger partial charge in [0, 0.05) is 11.3 Å². The van der Waals surface area contributed by atoms with E-state index in [1.54, 1.807) is 0 Å². The largest absolute Gasteiger partial charge is 0.324 e. The molecule has 0 bridgehead atoms. The standard InChI is InChI=1S/C31H26N4/c1-21-13-18-27(22(2)19-21)29-20-28(25-16-14-24(15-17-25)23-9-5-3-6-10-23)32-31-33-30(34-35(29)31)26-11-7-4-8-12-26/h3-20,29H,1-2H3,(H,32,33,34)/t29-/m0/s1. The van der Waals surface area contributed by atoms with Gasteiger partial charge in [0.15, 0.2) is 5.82 Å². The van der Waals surface area contributed by atoms with Crippen LogP contribution in [0.1, 0.15) is 28.3 Å². The molecule has 0 saturated heterocycles. The van der Waals surface area contributed by atoms with Crippen molar-refractivity contribution in [3.63, 3.8) is 0 Å². The van der Waals surface area contributed by atoms with Crippen LogP contribution in [0.3, 0.4) is 0 Å². The van der Waals surface area contributed by atoms with Gasteiger partial charge in [-0.25, -0.2) is 4.68 Å². The lowest BCUT2D eigenvalue weighted by molar-refractivity contribution is 0.610. The van der Waals surface area contributed by atoms with E-state index in [1.165, 1.54) is 27.8 Å².